The number of nitrogens with two attached hydrogens (primary N) is 1. The summed E-state index contributed by atoms with van der Waals surface area (Å²) < 4.78 is 0. The lowest BCUT2D eigenvalue weighted by molar-refractivity contribution is -0.143. The number of carbonyl (C=O) groups is 2. The van der Waals surface area contributed by atoms with Gasteiger partial charge in [0.05, 0.1) is 6.04 Å². The zero-order valence-electron chi connectivity index (χ0n) is 16.1. The molecule has 3 N–H and O–H groups in total. The molecule has 1 saturated carbocycles. The van der Waals surface area contributed by atoms with Crippen molar-refractivity contribution in [3.8, 4) is 0 Å². The smallest absolute Gasteiger partial charge is 0.226 e. The second kappa shape index (κ2) is 7.91. The molecule has 2 aliphatic carbocycles. The van der Waals surface area contributed by atoms with Crippen LogP contribution in [0.3, 0.4) is 0 Å². The van der Waals surface area contributed by atoms with Crippen LogP contribution in [-0.4, -0.2) is 29.8 Å². The van der Waals surface area contributed by atoms with E-state index in [4.69, 9.17) is 5.73 Å². The number of carbonyl (C=O) groups excluding carboxylic acids is 2. The van der Waals surface area contributed by atoms with Crippen LogP contribution in [0.2, 0.25) is 0 Å². The summed E-state index contributed by atoms with van der Waals surface area (Å²) in [7, 11) is 0. The van der Waals surface area contributed by atoms with Gasteiger partial charge in [-0.05, 0) is 68.2 Å². The highest BCUT2D eigenvalue weighted by atomic mass is 16.2. The lowest BCUT2D eigenvalue weighted by Gasteiger charge is -2.34. The topological polar surface area (TPSA) is 75.4 Å². The molecule has 27 heavy (non-hydrogen) atoms. The van der Waals surface area contributed by atoms with Crippen LogP contribution in [0.1, 0.15) is 68.5 Å². The van der Waals surface area contributed by atoms with Crippen LogP contribution >= 0.6 is 0 Å². The fraction of sp³-hybridized carbons (Fsp3) is 0.636. The largest absolute Gasteiger partial charge is 0.399 e. The van der Waals surface area contributed by atoms with E-state index >= 15 is 0 Å². The summed E-state index contributed by atoms with van der Waals surface area (Å²) in [6, 6.07) is 6.06. The minimum atomic E-state index is -0.175. The number of hydrogen-bond acceptors (Lipinski definition) is 3. The average molecular weight is 370 g/mol. The molecule has 146 valence electrons. The van der Waals surface area contributed by atoms with Crippen molar-refractivity contribution in [3.63, 3.8) is 0 Å². The van der Waals surface area contributed by atoms with E-state index < -0.39 is 0 Å². The van der Waals surface area contributed by atoms with E-state index in [9.17, 15) is 9.59 Å². The summed E-state index contributed by atoms with van der Waals surface area (Å²) in [4.78, 5) is 28.1. The maximum atomic E-state index is 13.2. The molecule has 0 radical (unpaired) electrons. The normalized spacial score (nSPS) is 27.9. The van der Waals surface area contributed by atoms with Crippen molar-refractivity contribution in [3.05, 3.63) is 29.3 Å². The number of nitrogen functional groups attached to an aromatic ring is 1. The second-order valence-corrected chi connectivity index (χ2v) is 8.44. The molecule has 5 nitrogen and oxygen atoms in total. The summed E-state index contributed by atoms with van der Waals surface area (Å²) in [5.74, 6) is -0.0246. The highest BCUT2D eigenvalue weighted by Crippen LogP contribution is 2.35. The van der Waals surface area contributed by atoms with Crippen LogP contribution in [0.15, 0.2) is 18.2 Å². The Hall–Kier alpha value is -2.04. The molecular weight excluding hydrogens is 338 g/mol. The summed E-state index contributed by atoms with van der Waals surface area (Å²) in [5, 5.41) is 3.29. The maximum Gasteiger partial charge on any atom is 0.226 e. The molecule has 1 saturated heterocycles. The first-order valence-electron chi connectivity index (χ1n) is 10.6. The van der Waals surface area contributed by atoms with E-state index in [1.165, 1.54) is 11.1 Å². The number of likely N-dealkylation sites (tertiary alicyclic amines) is 1. The van der Waals surface area contributed by atoms with Crippen LogP contribution < -0.4 is 11.1 Å². The molecule has 4 rings (SSSR count). The van der Waals surface area contributed by atoms with Crippen LogP contribution in [0, 0.1) is 11.8 Å². The van der Waals surface area contributed by atoms with Crippen molar-refractivity contribution in [2.75, 3.05) is 18.8 Å². The lowest BCUT2D eigenvalue weighted by Crippen LogP contribution is -2.45. The first-order chi connectivity index (χ1) is 13.1. The SMILES string of the molecule is Nc1ccc2c(c1)CCCC2NC(=O)C1CCCCC1C(=O)N1CCCC1. The average Bonchev–Trinajstić information content (AvgIpc) is 3.22. The fourth-order valence-electron chi connectivity index (χ4n) is 5.18. The Bertz CT molecular complexity index is 712. The molecule has 0 spiro atoms. The monoisotopic (exact) mass is 369 g/mol. The Balaban J connectivity index is 1.47. The van der Waals surface area contributed by atoms with E-state index in [-0.39, 0.29) is 29.7 Å². The van der Waals surface area contributed by atoms with Crippen LogP contribution in [0.25, 0.3) is 0 Å². The van der Waals surface area contributed by atoms with Crippen molar-refractivity contribution in [1.82, 2.24) is 10.2 Å². The number of amides is 2. The summed E-state index contributed by atoms with van der Waals surface area (Å²) in [5.41, 5.74) is 9.16. The number of anilines is 1. The predicted octanol–water partition coefficient (Wildman–Crippen LogP) is 3.19. The Morgan fingerprint density at radius 3 is 2.48 bits per heavy atom. The van der Waals surface area contributed by atoms with Gasteiger partial charge in [-0.2, -0.15) is 0 Å². The molecule has 0 bridgehead atoms. The lowest BCUT2D eigenvalue weighted by atomic mass is 9.77. The minimum absolute atomic E-state index is 0.0475. The Morgan fingerprint density at radius 2 is 1.70 bits per heavy atom. The van der Waals surface area contributed by atoms with Gasteiger partial charge in [-0.1, -0.05) is 18.9 Å². The zero-order valence-corrected chi connectivity index (χ0v) is 16.1. The molecule has 1 aromatic carbocycles. The van der Waals surface area contributed by atoms with Crippen LogP contribution in [0.4, 0.5) is 5.69 Å². The fourth-order valence-corrected chi connectivity index (χ4v) is 5.18. The number of aryl methyl sites for hydroxylation is 1. The third-order valence-electron chi connectivity index (χ3n) is 6.64. The number of fused-ring (bicyclic) bond motifs is 1. The molecule has 3 aliphatic rings. The first-order valence-corrected chi connectivity index (χ1v) is 10.6. The number of nitrogens with zero attached hydrogens (tertiary/aromatic N) is 1. The van der Waals surface area contributed by atoms with Gasteiger partial charge in [0.2, 0.25) is 11.8 Å². The molecular formula is C22H31N3O2. The number of nitrogens with one attached hydrogen (secondary N) is 1. The van der Waals surface area contributed by atoms with Gasteiger partial charge in [0.15, 0.2) is 0 Å². The first kappa shape index (κ1) is 18.3. The molecule has 3 atom stereocenters. The van der Waals surface area contributed by atoms with Crippen molar-refractivity contribution in [2.24, 2.45) is 11.8 Å². The molecule has 2 fully saturated rings. The maximum absolute atomic E-state index is 13.2. The molecule has 1 aromatic rings. The van der Waals surface area contributed by atoms with Crippen molar-refractivity contribution < 1.29 is 9.59 Å². The van der Waals surface area contributed by atoms with E-state index in [1.807, 2.05) is 17.0 Å². The summed E-state index contributed by atoms with van der Waals surface area (Å²) in [6.45, 7) is 1.72. The molecule has 1 heterocycles. The zero-order chi connectivity index (χ0) is 18.8. The van der Waals surface area contributed by atoms with Crippen LogP contribution in [0.5, 0.6) is 0 Å². The highest BCUT2D eigenvalue weighted by Gasteiger charge is 2.39. The van der Waals surface area contributed by atoms with E-state index in [1.54, 1.807) is 0 Å². The number of hydrogen-bond donors (Lipinski definition) is 2. The minimum Gasteiger partial charge on any atom is -0.399 e. The molecule has 2 amide bonds. The Labute approximate surface area is 161 Å². The third kappa shape index (κ3) is 3.83. The van der Waals surface area contributed by atoms with Crippen molar-refractivity contribution in [1.29, 1.82) is 0 Å². The van der Waals surface area contributed by atoms with Gasteiger partial charge in [-0.3, -0.25) is 9.59 Å². The third-order valence-corrected chi connectivity index (χ3v) is 6.64. The van der Waals surface area contributed by atoms with Gasteiger partial charge in [-0.15, -0.1) is 0 Å². The Kier molecular flexibility index (Phi) is 5.37. The quantitative estimate of drug-likeness (QED) is 0.804. The molecule has 1 aliphatic heterocycles. The summed E-state index contributed by atoms with van der Waals surface area (Å²) in [6.07, 6.45) is 9.00. The molecule has 5 heteroatoms. The van der Waals surface area contributed by atoms with Crippen LogP contribution in [-0.2, 0) is 16.0 Å². The molecule has 3 unspecified atom stereocenters. The number of benzene rings is 1. The molecule has 0 aromatic heterocycles. The summed E-state index contributed by atoms with van der Waals surface area (Å²) >= 11 is 0. The van der Waals surface area contributed by atoms with E-state index in [2.05, 4.69) is 11.4 Å². The van der Waals surface area contributed by atoms with Crippen molar-refractivity contribution in [2.45, 2.75) is 63.8 Å². The van der Waals surface area contributed by atoms with Crippen molar-refractivity contribution >= 4 is 17.5 Å². The van der Waals surface area contributed by atoms with Gasteiger partial charge < -0.3 is 16.0 Å². The van der Waals surface area contributed by atoms with Gasteiger partial charge in [0.25, 0.3) is 0 Å². The van der Waals surface area contributed by atoms with E-state index in [0.29, 0.717) is 0 Å². The van der Waals surface area contributed by atoms with E-state index in [0.717, 1.165) is 76.6 Å². The second-order valence-electron chi connectivity index (χ2n) is 8.44. The highest BCUT2D eigenvalue weighted by molar-refractivity contribution is 5.88. The van der Waals surface area contributed by atoms with Gasteiger partial charge in [-0.25, -0.2) is 0 Å². The standard InChI is InChI=1S/C22H31N3O2/c23-16-10-11-17-15(14-16)6-5-9-20(17)24-21(26)18-7-1-2-8-19(18)22(27)25-12-3-4-13-25/h10-11,14,18-20H,1-9,12-13,23H2,(H,24,26). The van der Waals surface area contributed by atoms with Gasteiger partial charge in [0.1, 0.15) is 0 Å². The predicted molar refractivity (Wildman–Crippen MR) is 106 cm³/mol. The van der Waals surface area contributed by atoms with Gasteiger partial charge in [0, 0.05) is 30.6 Å². The number of rotatable bonds is 3. The Morgan fingerprint density at radius 1 is 0.963 bits per heavy atom. The van der Waals surface area contributed by atoms with Gasteiger partial charge >= 0.3 is 0 Å².